The first-order valence-corrected chi connectivity index (χ1v) is 10.0. The SMILES string of the molecule is CC(CCOP)CP(C1CCCC1)C1CCCC1. The minimum atomic E-state index is 0.319. The van der Waals surface area contributed by atoms with Gasteiger partial charge in [0.2, 0.25) is 0 Å². The molecule has 0 bridgehead atoms. The molecule has 2 saturated carbocycles. The average molecular weight is 288 g/mol. The lowest BCUT2D eigenvalue weighted by Gasteiger charge is -2.32. The van der Waals surface area contributed by atoms with Gasteiger partial charge < -0.3 is 4.52 Å². The Morgan fingerprint density at radius 2 is 1.56 bits per heavy atom. The molecule has 2 aliphatic carbocycles. The molecule has 0 heterocycles. The third-order valence-electron chi connectivity index (χ3n) is 4.84. The van der Waals surface area contributed by atoms with Crippen molar-refractivity contribution in [3.63, 3.8) is 0 Å². The molecule has 0 radical (unpaired) electrons. The van der Waals surface area contributed by atoms with Crippen molar-refractivity contribution in [1.82, 2.24) is 0 Å². The zero-order chi connectivity index (χ0) is 12.8. The molecule has 0 saturated heterocycles. The van der Waals surface area contributed by atoms with Crippen LogP contribution < -0.4 is 0 Å². The predicted molar refractivity (Wildman–Crippen MR) is 85.7 cm³/mol. The summed E-state index contributed by atoms with van der Waals surface area (Å²) in [7, 11) is 2.71. The third kappa shape index (κ3) is 4.43. The van der Waals surface area contributed by atoms with Crippen molar-refractivity contribution >= 4 is 17.4 Å². The van der Waals surface area contributed by atoms with E-state index >= 15 is 0 Å². The monoisotopic (exact) mass is 288 g/mol. The minimum absolute atomic E-state index is 0.319. The highest BCUT2D eigenvalue weighted by molar-refractivity contribution is 7.59. The summed E-state index contributed by atoms with van der Waals surface area (Å²) in [6.45, 7) is 3.37. The fourth-order valence-electron chi connectivity index (χ4n) is 3.79. The van der Waals surface area contributed by atoms with Crippen molar-refractivity contribution < 1.29 is 4.52 Å². The second kappa shape index (κ2) is 8.18. The number of rotatable bonds is 7. The van der Waals surface area contributed by atoms with E-state index in [9.17, 15) is 0 Å². The maximum Gasteiger partial charge on any atom is 0.0504 e. The molecular formula is C15H30OP2. The molecule has 0 amide bonds. The summed E-state index contributed by atoms with van der Waals surface area (Å²) < 4.78 is 5.17. The van der Waals surface area contributed by atoms with Crippen LogP contribution >= 0.6 is 17.4 Å². The molecule has 1 nitrogen and oxygen atoms in total. The van der Waals surface area contributed by atoms with Gasteiger partial charge in [0.1, 0.15) is 0 Å². The highest BCUT2D eigenvalue weighted by atomic mass is 31.1. The van der Waals surface area contributed by atoms with Crippen LogP contribution in [-0.4, -0.2) is 24.1 Å². The van der Waals surface area contributed by atoms with E-state index in [0.29, 0.717) is 7.92 Å². The van der Waals surface area contributed by atoms with E-state index in [2.05, 4.69) is 16.4 Å². The van der Waals surface area contributed by atoms with Crippen LogP contribution in [0.2, 0.25) is 0 Å². The molecule has 18 heavy (non-hydrogen) atoms. The van der Waals surface area contributed by atoms with E-state index in [0.717, 1.165) is 23.8 Å². The van der Waals surface area contributed by atoms with Crippen molar-refractivity contribution in [3.05, 3.63) is 0 Å². The van der Waals surface area contributed by atoms with Crippen LogP contribution in [0.15, 0.2) is 0 Å². The molecule has 2 aliphatic rings. The van der Waals surface area contributed by atoms with Gasteiger partial charge in [-0.2, -0.15) is 0 Å². The highest BCUT2D eigenvalue weighted by Gasteiger charge is 2.33. The summed E-state index contributed by atoms with van der Waals surface area (Å²) in [5, 5.41) is 0. The number of hydrogen-bond donors (Lipinski definition) is 0. The smallest absolute Gasteiger partial charge is 0.0504 e. The van der Waals surface area contributed by atoms with Crippen LogP contribution in [0, 0.1) is 5.92 Å². The Labute approximate surface area is 117 Å². The van der Waals surface area contributed by atoms with Crippen LogP contribution in [0.25, 0.3) is 0 Å². The van der Waals surface area contributed by atoms with Gasteiger partial charge in [-0.25, -0.2) is 0 Å². The van der Waals surface area contributed by atoms with Gasteiger partial charge in [0.05, 0.1) is 6.61 Å². The van der Waals surface area contributed by atoms with Gasteiger partial charge in [-0.15, -0.1) is 7.92 Å². The first-order valence-electron chi connectivity index (χ1n) is 7.88. The molecule has 106 valence electrons. The minimum Gasteiger partial charge on any atom is -0.366 e. The fraction of sp³-hybridized carbons (Fsp3) is 1.00. The summed E-state index contributed by atoms with van der Waals surface area (Å²) in [5.41, 5.74) is 2.25. The van der Waals surface area contributed by atoms with E-state index < -0.39 is 0 Å². The van der Waals surface area contributed by atoms with Gasteiger partial charge in [-0.05, 0) is 55.5 Å². The van der Waals surface area contributed by atoms with E-state index in [1.54, 1.807) is 25.7 Å². The third-order valence-corrected chi connectivity index (χ3v) is 9.03. The fourth-order valence-corrected chi connectivity index (χ4v) is 8.08. The molecule has 2 unspecified atom stereocenters. The van der Waals surface area contributed by atoms with Gasteiger partial charge >= 0.3 is 0 Å². The Kier molecular flexibility index (Phi) is 6.92. The van der Waals surface area contributed by atoms with Crippen molar-refractivity contribution in [1.29, 1.82) is 0 Å². The molecule has 0 spiro atoms. The lowest BCUT2D eigenvalue weighted by atomic mass is 10.1. The second-order valence-corrected chi connectivity index (χ2v) is 9.53. The van der Waals surface area contributed by atoms with Crippen LogP contribution in [0.3, 0.4) is 0 Å². The largest absolute Gasteiger partial charge is 0.366 e. The first-order chi connectivity index (χ1) is 8.81. The number of hydrogen-bond acceptors (Lipinski definition) is 1. The molecule has 0 N–H and O–H groups in total. The highest BCUT2D eigenvalue weighted by Crippen LogP contribution is 2.58. The molecule has 2 atom stereocenters. The van der Waals surface area contributed by atoms with Crippen molar-refractivity contribution in [2.45, 2.75) is 76.0 Å². The molecular weight excluding hydrogens is 258 g/mol. The van der Waals surface area contributed by atoms with E-state index in [-0.39, 0.29) is 0 Å². The molecule has 2 fully saturated rings. The second-order valence-electron chi connectivity index (χ2n) is 6.34. The van der Waals surface area contributed by atoms with Crippen LogP contribution in [0.5, 0.6) is 0 Å². The molecule has 0 aromatic heterocycles. The van der Waals surface area contributed by atoms with E-state index in [4.69, 9.17) is 4.52 Å². The lowest BCUT2D eigenvalue weighted by Crippen LogP contribution is -2.16. The zero-order valence-corrected chi connectivity index (χ0v) is 14.0. The summed E-state index contributed by atoms with van der Waals surface area (Å²) in [5.74, 6) is 0.873. The average Bonchev–Trinajstić information content (AvgIpc) is 3.05. The Bertz CT molecular complexity index is 207. The molecule has 0 aromatic carbocycles. The van der Waals surface area contributed by atoms with Gasteiger partial charge in [0.15, 0.2) is 0 Å². The molecule has 0 aliphatic heterocycles. The van der Waals surface area contributed by atoms with Crippen LogP contribution in [-0.2, 0) is 4.52 Å². The van der Waals surface area contributed by atoms with Gasteiger partial charge in [-0.3, -0.25) is 0 Å². The molecule has 0 aromatic rings. The first kappa shape index (κ1) is 15.2. The van der Waals surface area contributed by atoms with Crippen LogP contribution in [0.4, 0.5) is 0 Å². The Hall–Kier alpha value is 0.820. The molecule has 2 rings (SSSR count). The Balaban J connectivity index is 1.86. The molecule has 3 heteroatoms. The normalized spacial score (nSPS) is 24.2. The van der Waals surface area contributed by atoms with Gasteiger partial charge in [0, 0.05) is 9.47 Å². The Morgan fingerprint density at radius 3 is 2.00 bits per heavy atom. The quantitative estimate of drug-likeness (QED) is 0.586. The van der Waals surface area contributed by atoms with E-state index in [1.807, 2.05) is 0 Å². The standard InChI is InChI=1S/C15H30OP2/c1-13(10-11-16-17)12-18(14-6-2-3-7-14)15-8-4-5-9-15/h13-15H,2-12,17H2,1H3. The van der Waals surface area contributed by atoms with Crippen molar-refractivity contribution in [3.8, 4) is 0 Å². The zero-order valence-electron chi connectivity index (χ0n) is 11.9. The van der Waals surface area contributed by atoms with Crippen molar-refractivity contribution in [2.75, 3.05) is 12.8 Å². The maximum absolute atomic E-state index is 5.17. The topological polar surface area (TPSA) is 9.23 Å². The van der Waals surface area contributed by atoms with Crippen LogP contribution in [0.1, 0.15) is 64.7 Å². The van der Waals surface area contributed by atoms with Gasteiger partial charge in [0.25, 0.3) is 0 Å². The Morgan fingerprint density at radius 1 is 1.06 bits per heavy atom. The summed E-state index contributed by atoms with van der Waals surface area (Å²) in [6.07, 6.45) is 15.0. The van der Waals surface area contributed by atoms with Crippen molar-refractivity contribution in [2.24, 2.45) is 5.92 Å². The lowest BCUT2D eigenvalue weighted by molar-refractivity contribution is 0.334. The van der Waals surface area contributed by atoms with Gasteiger partial charge in [-0.1, -0.05) is 32.6 Å². The summed E-state index contributed by atoms with van der Waals surface area (Å²) >= 11 is 0. The summed E-state index contributed by atoms with van der Waals surface area (Å²) in [4.78, 5) is 0. The maximum atomic E-state index is 5.17. The van der Waals surface area contributed by atoms with E-state index in [1.165, 1.54) is 38.3 Å². The predicted octanol–water partition coefficient (Wildman–Crippen LogP) is 5.19. The summed E-state index contributed by atoms with van der Waals surface area (Å²) in [6, 6.07) is 0.